The van der Waals surface area contributed by atoms with Gasteiger partial charge in [-0.25, -0.2) is 4.79 Å². The topological polar surface area (TPSA) is 95.5 Å². The average Bonchev–Trinajstić information content (AvgIpc) is 3.53. The first-order chi connectivity index (χ1) is 14.2. The average molecular weight is 397 g/mol. The van der Waals surface area contributed by atoms with Crippen LogP contribution < -0.4 is 0 Å². The summed E-state index contributed by atoms with van der Waals surface area (Å²) in [5.74, 6) is 1.38. The van der Waals surface area contributed by atoms with Gasteiger partial charge in [-0.15, -0.1) is 0 Å². The number of methoxy groups -OCH3 is 1. The van der Waals surface area contributed by atoms with Crippen molar-refractivity contribution in [3.63, 3.8) is 0 Å². The van der Waals surface area contributed by atoms with Gasteiger partial charge in [0.25, 0.3) is 5.89 Å². The molecule has 29 heavy (non-hydrogen) atoms. The van der Waals surface area contributed by atoms with E-state index in [9.17, 15) is 4.79 Å². The highest BCUT2D eigenvalue weighted by Gasteiger charge is 2.28. The van der Waals surface area contributed by atoms with E-state index in [-0.39, 0.29) is 18.1 Å². The molecule has 9 heteroatoms. The zero-order valence-corrected chi connectivity index (χ0v) is 16.3. The van der Waals surface area contributed by atoms with Crippen molar-refractivity contribution in [1.29, 1.82) is 0 Å². The lowest BCUT2D eigenvalue weighted by atomic mass is 9.96. The third-order valence-electron chi connectivity index (χ3n) is 5.83. The van der Waals surface area contributed by atoms with Crippen molar-refractivity contribution in [2.45, 2.75) is 31.2 Å². The highest BCUT2D eigenvalue weighted by Crippen LogP contribution is 2.30. The molecule has 1 unspecified atom stereocenters. The van der Waals surface area contributed by atoms with Crippen LogP contribution in [0.4, 0.5) is 4.79 Å². The summed E-state index contributed by atoms with van der Waals surface area (Å²) in [5, 5.41) is 9.84. The van der Waals surface area contributed by atoms with Crippen molar-refractivity contribution in [3.05, 3.63) is 30.2 Å². The summed E-state index contributed by atoms with van der Waals surface area (Å²) in [6.45, 7) is 2.73. The second-order valence-corrected chi connectivity index (χ2v) is 7.57. The molecule has 4 heterocycles. The molecule has 2 aliphatic rings. The first-order valence-electron chi connectivity index (χ1n) is 9.95. The van der Waals surface area contributed by atoms with Crippen molar-refractivity contribution >= 4 is 17.0 Å². The Kier molecular flexibility index (Phi) is 4.67. The predicted octanol–water partition coefficient (Wildman–Crippen LogP) is 2.99. The lowest BCUT2D eigenvalue weighted by Crippen LogP contribution is -2.37. The van der Waals surface area contributed by atoms with Crippen molar-refractivity contribution < 1.29 is 18.8 Å². The molecule has 1 amide bonds. The van der Waals surface area contributed by atoms with Gasteiger partial charge in [0.15, 0.2) is 5.82 Å². The number of likely N-dealkylation sites (tertiary alicyclic amines) is 1. The third kappa shape index (κ3) is 3.35. The number of amides is 1. The van der Waals surface area contributed by atoms with Crippen LogP contribution in [0.15, 0.2) is 28.9 Å². The number of piperidine rings is 1. The van der Waals surface area contributed by atoms with Crippen LogP contribution in [0.25, 0.3) is 22.4 Å². The number of fused-ring (bicyclic) bond motifs is 1. The lowest BCUT2D eigenvalue weighted by molar-refractivity contribution is 0.111. The largest absolute Gasteiger partial charge is 0.453 e. The van der Waals surface area contributed by atoms with Crippen LogP contribution in [-0.4, -0.2) is 64.3 Å². The van der Waals surface area contributed by atoms with Crippen LogP contribution in [0.1, 0.15) is 37.0 Å². The van der Waals surface area contributed by atoms with Crippen molar-refractivity contribution in [3.8, 4) is 11.5 Å². The Hall–Kier alpha value is -2.94. The Morgan fingerprint density at radius 1 is 1.24 bits per heavy atom. The monoisotopic (exact) mass is 397 g/mol. The molecule has 152 valence electrons. The van der Waals surface area contributed by atoms with E-state index >= 15 is 0 Å². The number of rotatable bonds is 3. The third-order valence-corrected chi connectivity index (χ3v) is 5.83. The summed E-state index contributed by atoms with van der Waals surface area (Å²) in [5.41, 5.74) is 1.92. The normalized spacial score (nSPS) is 20.4. The molecule has 1 aromatic carbocycles. The number of nitrogens with zero attached hydrogens (tertiary/aromatic N) is 5. The van der Waals surface area contributed by atoms with Crippen LogP contribution >= 0.6 is 0 Å². The fraction of sp³-hybridized carbons (Fsp3) is 0.500. The van der Waals surface area contributed by atoms with E-state index in [0.29, 0.717) is 31.4 Å². The first-order valence-corrected chi connectivity index (χ1v) is 9.95. The van der Waals surface area contributed by atoms with Gasteiger partial charge >= 0.3 is 6.09 Å². The lowest BCUT2D eigenvalue weighted by Gasteiger charge is -2.29. The van der Waals surface area contributed by atoms with E-state index in [1.165, 1.54) is 7.11 Å². The Bertz CT molecular complexity index is 1010. The minimum atomic E-state index is -0.283. The van der Waals surface area contributed by atoms with Gasteiger partial charge in [-0.3, -0.25) is 4.68 Å². The number of aromatic nitrogens is 4. The Morgan fingerprint density at radius 2 is 2.10 bits per heavy atom. The molecule has 5 rings (SSSR count). The van der Waals surface area contributed by atoms with E-state index < -0.39 is 0 Å². The number of carbonyl (C=O) groups is 1. The van der Waals surface area contributed by atoms with Crippen molar-refractivity contribution in [2.24, 2.45) is 0 Å². The molecule has 0 aliphatic carbocycles. The first kappa shape index (κ1) is 18.1. The van der Waals surface area contributed by atoms with Gasteiger partial charge in [-0.1, -0.05) is 11.2 Å². The zero-order valence-electron chi connectivity index (χ0n) is 16.3. The van der Waals surface area contributed by atoms with E-state index in [1.54, 1.807) is 4.90 Å². The van der Waals surface area contributed by atoms with E-state index in [4.69, 9.17) is 14.0 Å². The summed E-state index contributed by atoms with van der Waals surface area (Å²) in [4.78, 5) is 18.0. The summed E-state index contributed by atoms with van der Waals surface area (Å²) in [7, 11) is 1.41. The molecule has 0 N–H and O–H groups in total. The Balaban J connectivity index is 1.36. The van der Waals surface area contributed by atoms with Crippen LogP contribution in [0, 0.1) is 0 Å². The summed E-state index contributed by atoms with van der Waals surface area (Å²) in [6.07, 6.45) is 4.15. The van der Waals surface area contributed by atoms with E-state index in [2.05, 4.69) is 21.3 Å². The van der Waals surface area contributed by atoms with Gasteiger partial charge in [-0.05, 0) is 31.4 Å². The van der Waals surface area contributed by atoms with Gasteiger partial charge in [0.2, 0.25) is 0 Å². The molecule has 2 fully saturated rings. The van der Waals surface area contributed by atoms with E-state index in [1.807, 2.05) is 23.0 Å². The Labute approximate surface area is 167 Å². The smallest absolute Gasteiger partial charge is 0.409 e. The van der Waals surface area contributed by atoms with Gasteiger partial charge in [0, 0.05) is 36.6 Å². The van der Waals surface area contributed by atoms with Gasteiger partial charge < -0.3 is 18.9 Å². The maximum atomic E-state index is 11.6. The molecule has 2 aromatic heterocycles. The number of ether oxygens (including phenoxy) is 2. The highest BCUT2D eigenvalue weighted by atomic mass is 16.5. The summed E-state index contributed by atoms with van der Waals surface area (Å²) >= 11 is 0. The maximum absolute atomic E-state index is 11.6. The molecule has 2 saturated heterocycles. The van der Waals surface area contributed by atoms with Crippen molar-refractivity contribution in [1.82, 2.24) is 24.8 Å². The quantitative estimate of drug-likeness (QED) is 0.670. The molecular formula is C20H23N5O4. The molecule has 2 aliphatic heterocycles. The van der Waals surface area contributed by atoms with Crippen LogP contribution in [0.2, 0.25) is 0 Å². The van der Waals surface area contributed by atoms with Gasteiger partial charge in [0.1, 0.15) is 0 Å². The number of hydrogen-bond acceptors (Lipinski definition) is 7. The number of carbonyl (C=O) groups excluding carboxylic acids is 1. The maximum Gasteiger partial charge on any atom is 0.409 e. The molecule has 0 saturated carbocycles. The summed E-state index contributed by atoms with van der Waals surface area (Å²) < 4.78 is 17.9. The number of hydrogen-bond donors (Lipinski definition) is 0. The minimum Gasteiger partial charge on any atom is -0.453 e. The molecule has 0 radical (unpaired) electrons. The molecule has 1 atom stereocenters. The second-order valence-electron chi connectivity index (χ2n) is 7.57. The zero-order chi connectivity index (χ0) is 19.8. The highest BCUT2D eigenvalue weighted by molar-refractivity contribution is 5.83. The molecule has 0 bridgehead atoms. The second kappa shape index (κ2) is 7.47. The van der Waals surface area contributed by atoms with Gasteiger partial charge in [-0.2, -0.15) is 10.1 Å². The molecule has 9 nitrogen and oxygen atoms in total. The van der Waals surface area contributed by atoms with E-state index in [0.717, 1.165) is 42.3 Å². The Morgan fingerprint density at radius 3 is 2.86 bits per heavy atom. The minimum absolute atomic E-state index is 0.179. The van der Waals surface area contributed by atoms with Crippen LogP contribution in [0.5, 0.6) is 0 Å². The van der Waals surface area contributed by atoms with Crippen molar-refractivity contribution in [2.75, 3.05) is 33.4 Å². The molecule has 0 spiro atoms. The standard InChI is InChI=1S/C20H23N5O4/c1-27-20(26)24-7-4-13(5-8-24)18-22-19(29-23-18)14-2-3-15-11-21-25(17(15)10-14)16-6-9-28-12-16/h2-3,10-11,13,16H,4-9,12H2,1H3. The van der Waals surface area contributed by atoms with Gasteiger partial charge in [0.05, 0.1) is 31.5 Å². The number of benzene rings is 1. The summed E-state index contributed by atoms with van der Waals surface area (Å²) in [6, 6.07) is 6.33. The molecule has 3 aromatic rings. The fourth-order valence-electron chi connectivity index (χ4n) is 4.14. The fourth-order valence-corrected chi connectivity index (χ4v) is 4.14. The van der Waals surface area contributed by atoms with Crippen LogP contribution in [0.3, 0.4) is 0 Å². The van der Waals surface area contributed by atoms with Crippen LogP contribution in [-0.2, 0) is 9.47 Å². The molecular weight excluding hydrogens is 374 g/mol. The predicted molar refractivity (Wildman–Crippen MR) is 103 cm³/mol. The SMILES string of the molecule is COC(=O)N1CCC(c2noc(-c3ccc4cnn(C5CCOC5)c4c3)n2)CC1.